The standard InChI is InChI=1S/C16H18N2O3S/c1-12-6-5-7-14(13(12)2)17-22(19,20)18-10-11-21-16-9-4-3-8-15(16)18/h3-9,17H,10-11H2,1-2H3. The summed E-state index contributed by atoms with van der Waals surface area (Å²) >= 11 is 0. The van der Waals surface area contributed by atoms with E-state index >= 15 is 0 Å². The third-order valence-electron chi connectivity index (χ3n) is 3.82. The van der Waals surface area contributed by atoms with E-state index in [1.54, 1.807) is 24.3 Å². The van der Waals surface area contributed by atoms with Crippen LogP contribution in [0.15, 0.2) is 42.5 Å². The first-order valence-corrected chi connectivity index (χ1v) is 8.51. The fourth-order valence-corrected chi connectivity index (χ4v) is 3.78. The lowest BCUT2D eigenvalue weighted by Crippen LogP contribution is -2.41. The van der Waals surface area contributed by atoms with Crippen molar-refractivity contribution in [3.8, 4) is 5.75 Å². The van der Waals surface area contributed by atoms with Crippen LogP contribution in [0.2, 0.25) is 0 Å². The summed E-state index contributed by atoms with van der Waals surface area (Å²) in [4.78, 5) is 0. The summed E-state index contributed by atoms with van der Waals surface area (Å²) in [5.74, 6) is 0.583. The van der Waals surface area contributed by atoms with Gasteiger partial charge < -0.3 is 4.74 Å². The van der Waals surface area contributed by atoms with Crippen LogP contribution in [-0.4, -0.2) is 21.6 Å². The van der Waals surface area contributed by atoms with Crippen molar-refractivity contribution < 1.29 is 13.2 Å². The van der Waals surface area contributed by atoms with Gasteiger partial charge in [0.15, 0.2) is 0 Å². The summed E-state index contributed by atoms with van der Waals surface area (Å²) in [7, 11) is -3.69. The minimum Gasteiger partial charge on any atom is -0.489 e. The number of hydrogen-bond donors (Lipinski definition) is 1. The molecule has 0 spiro atoms. The van der Waals surface area contributed by atoms with Crippen LogP contribution in [0, 0.1) is 13.8 Å². The van der Waals surface area contributed by atoms with Gasteiger partial charge in [0.1, 0.15) is 12.4 Å². The molecule has 0 aromatic heterocycles. The zero-order chi connectivity index (χ0) is 15.7. The van der Waals surface area contributed by atoms with Crippen molar-refractivity contribution in [3.05, 3.63) is 53.6 Å². The topological polar surface area (TPSA) is 58.6 Å². The quantitative estimate of drug-likeness (QED) is 0.946. The second-order valence-corrected chi connectivity index (χ2v) is 6.84. The molecule has 0 bridgehead atoms. The van der Waals surface area contributed by atoms with Gasteiger partial charge in [-0.15, -0.1) is 0 Å². The summed E-state index contributed by atoms with van der Waals surface area (Å²) < 4.78 is 35.0. The number of nitrogens with one attached hydrogen (secondary N) is 1. The number of benzene rings is 2. The van der Waals surface area contributed by atoms with Gasteiger partial charge in [0, 0.05) is 0 Å². The fraction of sp³-hybridized carbons (Fsp3) is 0.250. The highest BCUT2D eigenvalue weighted by Gasteiger charge is 2.28. The second kappa shape index (κ2) is 5.53. The fourth-order valence-electron chi connectivity index (χ4n) is 2.45. The maximum atomic E-state index is 12.7. The van der Waals surface area contributed by atoms with Gasteiger partial charge in [-0.2, -0.15) is 8.42 Å². The van der Waals surface area contributed by atoms with Gasteiger partial charge >= 0.3 is 10.2 Å². The number of para-hydroxylation sites is 2. The highest BCUT2D eigenvalue weighted by Crippen LogP contribution is 2.33. The van der Waals surface area contributed by atoms with Crippen molar-refractivity contribution in [1.29, 1.82) is 0 Å². The van der Waals surface area contributed by atoms with Crippen LogP contribution in [0.4, 0.5) is 11.4 Å². The van der Waals surface area contributed by atoms with E-state index in [1.165, 1.54) is 4.31 Å². The van der Waals surface area contributed by atoms with E-state index in [9.17, 15) is 8.42 Å². The van der Waals surface area contributed by atoms with Crippen LogP contribution in [0.1, 0.15) is 11.1 Å². The first-order valence-electron chi connectivity index (χ1n) is 7.07. The Labute approximate surface area is 130 Å². The molecule has 1 aliphatic rings. The Morgan fingerprint density at radius 2 is 1.86 bits per heavy atom. The SMILES string of the molecule is Cc1cccc(NS(=O)(=O)N2CCOc3ccccc32)c1C. The van der Waals surface area contributed by atoms with E-state index in [-0.39, 0.29) is 6.54 Å². The Morgan fingerprint density at radius 1 is 1.09 bits per heavy atom. The Hall–Kier alpha value is -2.21. The third kappa shape index (κ3) is 2.62. The van der Waals surface area contributed by atoms with Crippen molar-refractivity contribution in [3.63, 3.8) is 0 Å². The molecule has 1 N–H and O–H groups in total. The molecule has 2 aromatic carbocycles. The molecule has 0 amide bonds. The Bertz CT molecular complexity index is 803. The van der Waals surface area contributed by atoms with E-state index in [0.717, 1.165) is 11.1 Å². The first-order chi connectivity index (χ1) is 10.5. The van der Waals surface area contributed by atoms with Gasteiger partial charge in [0.2, 0.25) is 0 Å². The summed E-state index contributed by atoms with van der Waals surface area (Å²) in [6.07, 6.45) is 0. The molecular formula is C16H18N2O3S. The van der Waals surface area contributed by atoms with Gasteiger partial charge in [-0.05, 0) is 43.2 Å². The smallest absolute Gasteiger partial charge is 0.324 e. The minimum atomic E-state index is -3.69. The Morgan fingerprint density at radius 3 is 2.68 bits per heavy atom. The molecule has 6 heteroatoms. The van der Waals surface area contributed by atoms with E-state index in [2.05, 4.69) is 4.72 Å². The summed E-state index contributed by atoms with van der Waals surface area (Å²) in [5.41, 5.74) is 3.13. The van der Waals surface area contributed by atoms with Crippen LogP contribution in [-0.2, 0) is 10.2 Å². The predicted molar refractivity (Wildman–Crippen MR) is 87.7 cm³/mol. The monoisotopic (exact) mass is 318 g/mol. The third-order valence-corrected chi connectivity index (χ3v) is 5.26. The maximum Gasteiger partial charge on any atom is 0.324 e. The number of rotatable bonds is 3. The van der Waals surface area contributed by atoms with Crippen molar-refractivity contribution in [2.75, 3.05) is 22.2 Å². The van der Waals surface area contributed by atoms with Crippen molar-refractivity contribution in [2.45, 2.75) is 13.8 Å². The van der Waals surface area contributed by atoms with Crippen LogP contribution < -0.4 is 13.8 Å². The lowest BCUT2D eigenvalue weighted by atomic mass is 10.1. The van der Waals surface area contributed by atoms with E-state index in [0.29, 0.717) is 23.7 Å². The average molecular weight is 318 g/mol. The molecule has 1 aliphatic heterocycles. The molecule has 1 heterocycles. The Kier molecular flexibility index (Phi) is 3.70. The molecule has 5 nitrogen and oxygen atoms in total. The average Bonchev–Trinajstić information content (AvgIpc) is 2.51. The highest BCUT2D eigenvalue weighted by molar-refractivity contribution is 7.94. The number of nitrogens with zero attached hydrogens (tertiary/aromatic N) is 1. The lowest BCUT2D eigenvalue weighted by molar-refractivity contribution is 0.316. The highest BCUT2D eigenvalue weighted by atomic mass is 32.2. The largest absolute Gasteiger partial charge is 0.489 e. The van der Waals surface area contributed by atoms with E-state index in [4.69, 9.17) is 4.74 Å². The van der Waals surface area contributed by atoms with Crippen LogP contribution in [0.3, 0.4) is 0 Å². The molecular weight excluding hydrogens is 300 g/mol. The second-order valence-electron chi connectivity index (χ2n) is 5.24. The molecule has 0 aliphatic carbocycles. The number of ether oxygens (including phenoxy) is 1. The molecule has 116 valence electrons. The van der Waals surface area contributed by atoms with Crippen LogP contribution in [0.25, 0.3) is 0 Å². The molecule has 3 rings (SSSR count). The molecule has 0 fully saturated rings. The molecule has 0 radical (unpaired) electrons. The molecule has 0 atom stereocenters. The van der Waals surface area contributed by atoms with Gasteiger partial charge in [0.25, 0.3) is 0 Å². The van der Waals surface area contributed by atoms with Crippen LogP contribution in [0.5, 0.6) is 5.75 Å². The van der Waals surface area contributed by atoms with Gasteiger partial charge in [-0.25, -0.2) is 4.31 Å². The van der Waals surface area contributed by atoms with Crippen molar-refractivity contribution in [2.24, 2.45) is 0 Å². The molecule has 0 unspecified atom stereocenters. The molecule has 0 saturated carbocycles. The number of fused-ring (bicyclic) bond motifs is 1. The van der Waals surface area contributed by atoms with E-state index < -0.39 is 10.2 Å². The zero-order valence-electron chi connectivity index (χ0n) is 12.5. The first kappa shape index (κ1) is 14.7. The van der Waals surface area contributed by atoms with Gasteiger partial charge in [0.05, 0.1) is 17.9 Å². The molecule has 2 aromatic rings. The number of aryl methyl sites for hydroxylation is 1. The van der Waals surface area contributed by atoms with Crippen molar-refractivity contribution in [1.82, 2.24) is 0 Å². The predicted octanol–water partition coefficient (Wildman–Crippen LogP) is 2.86. The van der Waals surface area contributed by atoms with Crippen molar-refractivity contribution >= 4 is 21.6 Å². The van der Waals surface area contributed by atoms with E-state index in [1.807, 2.05) is 32.0 Å². The molecule has 0 saturated heterocycles. The maximum absolute atomic E-state index is 12.7. The van der Waals surface area contributed by atoms with Crippen LogP contribution >= 0.6 is 0 Å². The number of hydrogen-bond acceptors (Lipinski definition) is 3. The van der Waals surface area contributed by atoms with Gasteiger partial charge in [-0.3, -0.25) is 4.72 Å². The molecule has 22 heavy (non-hydrogen) atoms. The van der Waals surface area contributed by atoms with Gasteiger partial charge in [-0.1, -0.05) is 24.3 Å². The minimum absolute atomic E-state index is 0.289. The summed E-state index contributed by atoms with van der Waals surface area (Å²) in [6.45, 7) is 4.49. The summed E-state index contributed by atoms with van der Waals surface area (Å²) in [5, 5.41) is 0. The summed E-state index contributed by atoms with van der Waals surface area (Å²) in [6, 6.07) is 12.7. The number of anilines is 2. The zero-order valence-corrected chi connectivity index (χ0v) is 13.4. The normalized spacial score (nSPS) is 14.2. The Balaban J connectivity index is 1.96. The lowest BCUT2D eigenvalue weighted by Gasteiger charge is -2.30.